The molecule has 0 radical (unpaired) electrons. The van der Waals surface area contributed by atoms with Crippen molar-refractivity contribution in [1.29, 1.82) is 0 Å². The van der Waals surface area contributed by atoms with Gasteiger partial charge in [-0.2, -0.15) is 0 Å². The summed E-state index contributed by atoms with van der Waals surface area (Å²) in [6.07, 6.45) is 1.98. The second-order valence-corrected chi connectivity index (χ2v) is 5.79. The quantitative estimate of drug-likeness (QED) is 0.269. The molecule has 2 aliphatic heterocycles. The highest BCUT2D eigenvalue weighted by Gasteiger charge is 2.22. The molecule has 0 aliphatic carbocycles. The maximum atomic E-state index is 11.4. The van der Waals surface area contributed by atoms with Gasteiger partial charge in [-0.25, -0.2) is 0 Å². The number of hydrogen-bond acceptors (Lipinski definition) is 7. The molecule has 2 unspecified atom stereocenters. The van der Waals surface area contributed by atoms with E-state index in [1.165, 1.54) is 0 Å². The van der Waals surface area contributed by atoms with Crippen molar-refractivity contribution in [2.24, 2.45) is 0 Å². The first-order chi connectivity index (χ1) is 9.84. The Balaban J connectivity index is 1.27. The van der Waals surface area contributed by atoms with E-state index in [9.17, 15) is 4.57 Å². The monoisotopic (exact) mass is 310 g/mol. The van der Waals surface area contributed by atoms with Gasteiger partial charge in [0.05, 0.1) is 39.6 Å². The Hall–Kier alpha value is -0.0100. The minimum absolute atomic E-state index is 0.284. The molecule has 2 aliphatic rings. The van der Waals surface area contributed by atoms with Gasteiger partial charge in [-0.05, 0) is 12.8 Å². The Kier molecular flexibility index (Phi) is 8.05. The van der Waals surface area contributed by atoms with E-state index >= 15 is 0 Å². The average molecular weight is 310 g/mol. The molecule has 20 heavy (non-hydrogen) atoms. The molecule has 0 aromatic rings. The summed E-state index contributed by atoms with van der Waals surface area (Å²) in [7, 11) is -2.38. The van der Waals surface area contributed by atoms with E-state index in [0.717, 1.165) is 13.2 Å². The van der Waals surface area contributed by atoms with E-state index in [-0.39, 0.29) is 12.2 Å². The molecular weight excluding hydrogens is 287 g/mol. The van der Waals surface area contributed by atoms with E-state index in [2.05, 4.69) is 0 Å². The van der Waals surface area contributed by atoms with Crippen LogP contribution in [0, 0.1) is 0 Å². The minimum Gasteiger partial charge on any atom is -0.379 e. The van der Waals surface area contributed by atoms with Crippen LogP contribution in [0.5, 0.6) is 0 Å². The van der Waals surface area contributed by atoms with Crippen LogP contribution in [0.3, 0.4) is 0 Å². The van der Waals surface area contributed by atoms with Crippen LogP contribution in [-0.4, -0.2) is 65.1 Å². The van der Waals surface area contributed by atoms with Crippen molar-refractivity contribution >= 4 is 8.25 Å². The molecular formula is C12H23O7P. The minimum atomic E-state index is -2.38. The fraction of sp³-hybridized carbons (Fsp3) is 1.00. The van der Waals surface area contributed by atoms with Crippen LogP contribution >= 0.6 is 8.25 Å². The van der Waals surface area contributed by atoms with Gasteiger partial charge in [0.1, 0.15) is 12.2 Å². The molecule has 0 bridgehead atoms. The van der Waals surface area contributed by atoms with Crippen molar-refractivity contribution in [1.82, 2.24) is 0 Å². The van der Waals surface area contributed by atoms with Crippen LogP contribution in [0.4, 0.5) is 0 Å². The van der Waals surface area contributed by atoms with Gasteiger partial charge in [0.2, 0.25) is 0 Å². The van der Waals surface area contributed by atoms with Crippen LogP contribution in [0.1, 0.15) is 12.8 Å². The summed E-state index contributed by atoms with van der Waals surface area (Å²) >= 11 is 0. The molecule has 7 nitrogen and oxygen atoms in total. The van der Waals surface area contributed by atoms with Gasteiger partial charge >= 0.3 is 8.25 Å². The molecule has 0 N–H and O–H groups in total. The van der Waals surface area contributed by atoms with Crippen LogP contribution < -0.4 is 0 Å². The lowest BCUT2D eigenvalue weighted by molar-refractivity contribution is 0.0964. The van der Waals surface area contributed by atoms with Crippen molar-refractivity contribution in [2.45, 2.75) is 25.0 Å². The Bertz CT molecular complexity index is 255. The first-order valence-corrected chi connectivity index (χ1v) is 8.25. The number of epoxide rings is 2. The molecule has 0 spiro atoms. The molecule has 2 atom stereocenters. The Morgan fingerprint density at radius 2 is 1.30 bits per heavy atom. The third kappa shape index (κ3) is 9.02. The predicted molar refractivity (Wildman–Crippen MR) is 71.3 cm³/mol. The summed E-state index contributed by atoms with van der Waals surface area (Å²) in [5.41, 5.74) is 0. The summed E-state index contributed by atoms with van der Waals surface area (Å²) in [5, 5.41) is 0. The van der Waals surface area contributed by atoms with Crippen LogP contribution in [-0.2, 0) is 32.6 Å². The molecule has 2 rings (SSSR count). The molecule has 2 heterocycles. The second-order valence-electron chi connectivity index (χ2n) is 4.71. The Morgan fingerprint density at radius 3 is 1.70 bits per heavy atom. The third-order valence-corrected chi connectivity index (χ3v) is 3.60. The number of ether oxygens (including phenoxy) is 4. The van der Waals surface area contributed by atoms with Crippen molar-refractivity contribution < 1.29 is 32.6 Å². The highest BCUT2D eigenvalue weighted by molar-refractivity contribution is 7.33. The molecule has 0 aromatic heterocycles. The summed E-state index contributed by atoms with van der Waals surface area (Å²) in [5.74, 6) is 0. The largest absolute Gasteiger partial charge is 0.379 e. The van der Waals surface area contributed by atoms with Crippen molar-refractivity contribution in [3.63, 3.8) is 0 Å². The van der Waals surface area contributed by atoms with E-state index < -0.39 is 8.25 Å². The standard InChI is InChI=1S/C12H23O7P/c13-20(18-5-1-3-14-7-11-9-16-11)19-6-2-4-15-8-12-10-17-12/h11-12,20H,1-10H2. The molecule has 0 amide bonds. The van der Waals surface area contributed by atoms with Crippen molar-refractivity contribution in [3.05, 3.63) is 0 Å². The van der Waals surface area contributed by atoms with Gasteiger partial charge < -0.3 is 28.0 Å². The summed E-state index contributed by atoms with van der Waals surface area (Å²) in [6.45, 7) is 4.83. The average Bonchev–Trinajstić information content (AvgIpc) is 3.32. The van der Waals surface area contributed by atoms with E-state index in [1.54, 1.807) is 0 Å². The fourth-order valence-electron chi connectivity index (χ4n) is 1.43. The van der Waals surface area contributed by atoms with Crippen molar-refractivity contribution in [3.8, 4) is 0 Å². The van der Waals surface area contributed by atoms with Gasteiger partial charge in [0.15, 0.2) is 0 Å². The van der Waals surface area contributed by atoms with Crippen LogP contribution in [0.2, 0.25) is 0 Å². The Morgan fingerprint density at radius 1 is 0.850 bits per heavy atom. The first-order valence-electron chi connectivity index (χ1n) is 7.03. The molecule has 2 saturated heterocycles. The smallest absolute Gasteiger partial charge is 0.319 e. The fourth-order valence-corrected chi connectivity index (χ4v) is 2.14. The first kappa shape index (κ1) is 16.4. The lowest BCUT2D eigenvalue weighted by atomic mass is 10.5. The van der Waals surface area contributed by atoms with Gasteiger partial charge in [-0.1, -0.05) is 0 Å². The van der Waals surface area contributed by atoms with Crippen LogP contribution in [0.15, 0.2) is 0 Å². The zero-order valence-corrected chi connectivity index (χ0v) is 12.6. The second kappa shape index (κ2) is 9.84. The van der Waals surface area contributed by atoms with Gasteiger partial charge in [-0.3, -0.25) is 4.57 Å². The van der Waals surface area contributed by atoms with E-state index in [1.807, 2.05) is 0 Å². The summed E-state index contributed by atoms with van der Waals surface area (Å²) in [4.78, 5) is 0. The number of hydrogen-bond donors (Lipinski definition) is 0. The summed E-state index contributed by atoms with van der Waals surface area (Å²) < 4.78 is 42.2. The predicted octanol–water partition coefficient (Wildman–Crippen LogP) is 1.02. The SMILES string of the molecule is O=[PH](OCCCOCC1CO1)OCCCOCC1CO1. The topological polar surface area (TPSA) is 79.1 Å². The molecule has 118 valence electrons. The van der Waals surface area contributed by atoms with Gasteiger partial charge in [0, 0.05) is 13.2 Å². The highest BCUT2D eigenvalue weighted by Crippen LogP contribution is 2.23. The maximum absolute atomic E-state index is 11.4. The Labute approximate surface area is 119 Å². The lowest BCUT2D eigenvalue weighted by Crippen LogP contribution is -2.05. The number of rotatable bonds is 14. The van der Waals surface area contributed by atoms with Crippen molar-refractivity contribution in [2.75, 3.05) is 52.9 Å². The van der Waals surface area contributed by atoms with Crippen LogP contribution in [0.25, 0.3) is 0 Å². The van der Waals surface area contributed by atoms with E-state index in [4.69, 9.17) is 28.0 Å². The molecule has 0 aromatic carbocycles. The zero-order valence-electron chi connectivity index (χ0n) is 11.6. The summed E-state index contributed by atoms with van der Waals surface area (Å²) in [6, 6.07) is 0. The lowest BCUT2D eigenvalue weighted by Gasteiger charge is -2.06. The van der Waals surface area contributed by atoms with Gasteiger partial charge in [-0.15, -0.1) is 0 Å². The maximum Gasteiger partial charge on any atom is 0.319 e. The highest BCUT2D eigenvalue weighted by atomic mass is 31.1. The normalized spacial score (nSPS) is 25.6. The van der Waals surface area contributed by atoms with E-state index in [0.29, 0.717) is 52.5 Å². The molecule has 2 fully saturated rings. The molecule has 0 saturated carbocycles. The third-order valence-electron chi connectivity index (χ3n) is 2.72. The van der Waals surface area contributed by atoms with Gasteiger partial charge in [0.25, 0.3) is 0 Å². The molecule has 8 heteroatoms. The zero-order chi connectivity index (χ0) is 14.0.